The van der Waals surface area contributed by atoms with Crippen molar-refractivity contribution < 1.29 is 4.92 Å². The fourth-order valence-corrected chi connectivity index (χ4v) is 3.14. The molecule has 1 aromatic heterocycles. The van der Waals surface area contributed by atoms with Crippen molar-refractivity contribution in [1.29, 1.82) is 0 Å². The van der Waals surface area contributed by atoms with Crippen LogP contribution in [0.4, 0.5) is 17.3 Å². The zero-order valence-corrected chi connectivity index (χ0v) is 13.7. The van der Waals surface area contributed by atoms with E-state index in [9.17, 15) is 10.1 Å². The Labute approximate surface area is 135 Å². The molecule has 7 nitrogen and oxygen atoms in total. The van der Waals surface area contributed by atoms with E-state index in [1.807, 2.05) is 4.90 Å². The minimum absolute atomic E-state index is 0.0623. The van der Waals surface area contributed by atoms with Crippen LogP contribution in [0.5, 0.6) is 0 Å². The maximum absolute atomic E-state index is 11.1. The fraction of sp³-hybridized carbons (Fsp3) is 0.438. The molecule has 1 aliphatic heterocycles. The molecule has 0 aliphatic carbocycles. The Morgan fingerprint density at radius 3 is 2.43 bits per heavy atom. The number of rotatable bonds is 3. The summed E-state index contributed by atoms with van der Waals surface area (Å²) in [5, 5.41) is 11.1. The highest BCUT2D eigenvalue weighted by atomic mass is 16.6. The normalized spacial score (nSPS) is 15.1. The van der Waals surface area contributed by atoms with Gasteiger partial charge in [0, 0.05) is 38.9 Å². The highest BCUT2D eigenvalue weighted by Gasteiger charge is 2.28. The standard InChI is InChI=1S/C16H21N5O2/c1-12-5-4-6-14(13(12)2)19-7-9-20(10-8-19)16-15(21(22)23)17-11-18(16)3/h4-6,11H,7-10H2,1-3H3. The minimum atomic E-state index is -0.410. The number of benzene rings is 1. The zero-order chi connectivity index (χ0) is 16.6. The Kier molecular flexibility index (Phi) is 3.94. The maximum atomic E-state index is 11.1. The first-order valence-corrected chi connectivity index (χ1v) is 7.71. The Balaban J connectivity index is 1.78. The summed E-state index contributed by atoms with van der Waals surface area (Å²) in [4.78, 5) is 19.0. The molecule has 0 radical (unpaired) electrons. The van der Waals surface area contributed by atoms with Gasteiger partial charge in [-0.1, -0.05) is 12.1 Å². The summed E-state index contributed by atoms with van der Waals surface area (Å²) >= 11 is 0. The molecule has 0 amide bonds. The van der Waals surface area contributed by atoms with Crippen LogP contribution < -0.4 is 9.80 Å². The summed E-state index contributed by atoms with van der Waals surface area (Å²) in [6.45, 7) is 7.43. The fourth-order valence-electron chi connectivity index (χ4n) is 3.14. The van der Waals surface area contributed by atoms with E-state index in [2.05, 4.69) is 41.9 Å². The first-order chi connectivity index (χ1) is 11.0. The number of anilines is 2. The molecule has 7 heteroatoms. The van der Waals surface area contributed by atoms with Crippen LogP contribution in [0.1, 0.15) is 11.1 Å². The van der Waals surface area contributed by atoms with Gasteiger partial charge in [-0.2, -0.15) is 0 Å². The molecule has 0 bridgehead atoms. The highest BCUT2D eigenvalue weighted by Crippen LogP contribution is 2.29. The van der Waals surface area contributed by atoms with Gasteiger partial charge < -0.3 is 19.9 Å². The number of aryl methyl sites for hydroxylation is 2. The predicted molar refractivity (Wildman–Crippen MR) is 90.2 cm³/mol. The van der Waals surface area contributed by atoms with Gasteiger partial charge in [0.15, 0.2) is 0 Å². The van der Waals surface area contributed by atoms with E-state index in [0.29, 0.717) is 5.82 Å². The molecular weight excluding hydrogens is 294 g/mol. The molecular formula is C16H21N5O2. The number of piperazine rings is 1. The number of aromatic nitrogens is 2. The third-order valence-corrected chi connectivity index (χ3v) is 4.56. The van der Waals surface area contributed by atoms with E-state index in [1.54, 1.807) is 11.6 Å². The molecule has 1 saturated heterocycles. The molecule has 3 rings (SSSR count). The van der Waals surface area contributed by atoms with Crippen molar-refractivity contribution in [1.82, 2.24) is 9.55 Å². The second-order valence-corrected chi connectivity index (χ2v) is 5.95. The summed E-state index contributed by atoms with van der Waals surface area (Å²) in [7, 11) is 1.80. The number of nitrogens with zero attached hydrogens (tertiary/aromatic N) is 5. The summed E-state index contributed by atoms with van der Waals surface area (Å²) < 4.78 is 1.73. The first-order valence-electron chi connectivity index (χ1n) is 7.71. The van der Waals surface area contributed by atoms with E-state index >= 15 is 0 Å². The lowest BCUT2D eigenvalue weighted by atomic mass is 10.1. The minimum Gasteiger partial charge on any atom is -0.368 e. The molecule has 122 valence electrons. The quantitative estimate of drug-likeness (QED) is 0.642. The molecule has 0 unspecified atom stereocenters. The summed E-state index contributed by atoms with van der Waals surface area (Å²) in [6.07, 6.45) is 1.50. The van der Waals surface area contributed by atoms with Gasteiger partial charge in [0.2, 0.25) is 12.1 Å². The Bertz CT molecular complexity index is 732. The van der Waals surface area contributed by atoms with Gasteiger partial charge in [-0.25, -0.2) is 0 Å². The van der Waals surface area contributed by atoms with Gasteiger partial charge in [-0.3, -0.25) is 4.57 Å². The molecule has 0 spiro atoms. The van der Waals surface area contributed by atoms with Crippen molar-refractivity contribution >= 4 is 17.3 Å². The molecule has 1 fully saturated rings. The van der Waals surface area contributed by atoms with Gasteiger partial charge in [0.05, 0.1) is 0 Å². The number of imidazole rings is 1. The lowest BCUT2D eigenvalue weighted by Gasteiger charge is -2.37. The first kappa shape index (κ1) is 15.3. The Morgan fingerprint density at radius 2 is 1.78 bits per heavy atom. The molecule has 0 atom stereocenters. The van der Waals surface area contributed by atoms with Crippen LogP contribution in [0, 0.1) is 24.0 Å². The van der Waals surface area contributed by atoms with Crippen LogP contribution in [-0.4, -0.2) is 40.7 Å². The van der Waals surface area contributed by atoms with Crippen molar-refractivity contribution in [2.45, 2.75) is 13.8 Å². The topological polar surface area (TPSA) is 67.4 Å². The van der Waals surface area contributed by atoms with Crippen LogP contribution in [0.2, 0.25) is 0 Å². The average molecular weight is 315 g/mol. The van der Waals surface area contributed by atoms with Crippen molar-refractivity contribution in [2.24, 2.45) is 7.05 Å². The van der Waals surface area contributed by atoms with Crippen LogP contribution in [0.15, 0.2) is 24.5 Å². The van der Waals surface area contributed by atoms with Crippen molar-refractivity contribution in [2.75, 3.05) is 36.0 Å². The predicted octanol–water partition coefficient (Wildman–Crippen LogP) is 2.27. The summed E-state index contributed by atoms with van der Waals surface area (Å²) in [5.41, 5.74) is 3.84. The van der Waals surface area contributed by atoms with Gasteiger partial charge in [-0.05, 0) is 40.9 Å². The maximum Gasteiger partial charge on any atom is 0.406 e. The zero-order valence-electron chi connectivity index (χ0n) is 13.7. The third kappa shape index (κ3) is 2.74. The van der Waals surface area contributed by atoms with Gasteiger partial charge in [0.1, 0.15) is 0 Å². The lowest BCUT2D eigenvalue weighted by Crippen LogP contribution is -2.47. The number of hydrogen-bond donors (Lipinski definition) is 0. The summed E-state index contributed by atoms with van der Waals surface area (Å²) in [5.74, 6) is 0.531. The van der Waals surface area contributed by atoms with Gasteiger partial charge in [-0.15, -0.1) is 0 Å². The number of hydrogen-bond acceptors (Lipinski definition) is 5. The molecule has 23 heavy (non-hydrogen) atoms. The van der Waals surface area contributed by atoms with E-state index in [4.69, 9.17) is 0 Å². The molecule has 2 aromatic rings. The van der Waals surface area contributed by atoms with E-state index in [-0.39, 0.29) is 5.82 Å². The third-order valence-electron chi connectivity index (χ3n) is 4.56. The lowest BCUT2D eigenvalue weighted by molar-refractivity contribution is -0.388. The molecule has 0 N–H and O–H groups in total. The molecule has 1 aromatic carbocycles. The van der Waals surface area contributed by atoms with Gasteiger partial charge in [0.25, 0.3) is 0 Å². The Hall–Kier alpha value is -2.57. The van der Waals surface area contributed by atoms with Crippen LogP contribution in [0.3, 0.4) is 0 Å². The largest absolute Gasteiger partial charge is 0.406 e. The van der Waals surface area contributed by atoms with Crippen molar-refractivity contribution in [3.63, 3.8) is 0 Å². The molecule has 2 heterocycles. The number of nitro groups is 1. The summed E-state index contributed by atoms with van der Waals surface area (Å²) in [6, 6.07) is 6.34. The smallest absolute Gasteiger partial charge is 0.368 e. The highest BCUT2D eigenvalue weighted by molar-refractivity contribution is 5.59. The van der Waals surface area contributed by atoms with Crippen molar-refractivity contribution in [3.8, 4) is 0 Å². The van der Waals surface area contributed by atoms with E-state index in [0.717, 1.165) is 26.2 Å². The average Bonchev–Trinajstić information content (AvgIpc) is 2.92. The van der Waals surface area contributed by atoms with Crippen molar-refractivity contribution in [3.05, 3.63) is 45.8 Å². The molecule has 0 saturated carbocycles. The van der Waals surface area contributed by atoms with Crippen LogP contribution in [-0.2, 0) is 7.05 Å². The molecule has 1 aliphatic rings. The second kappa shape index (κ2) is 5.91. The van der Waals surface area contributed by atoms with E-state index < -0.39 is 4.92 Å². The van der Waals surface area contributed by atoms with E-state index in [1.165, 1.54) is 23.1 Å². The van der Waals surface area contributed by atoms with Crippen LogP contribution in [0.25, 0.3) is 0 Å². The van der Waals surface area contributed by atoms with Crippen LogP contribution >= 0.6 is 0 Å². The Morgan fingerprint density at radius 1 is 1.13 bits per heavy atom. The second-order valence-electron chi connectivity index (χ2n) is 5.95. The van der Waals surface area contributed by atoms with Gasteiger partial charge >= 0.3 is 5.82 Å². The monoisotopic (exact) mass is 315 g/mol. The SMILES string of the molecule is Cc1cccc(N2CCN(c3c([N+](=O)[O-])ncn3C)CC2)c1C.